The molecule has 0 aromatic carbocycles. The van der Waals surface area contributed by atoms with Gasteiger partial charge < -0.3 is 15.5 Å². The number of furan rings is 1. The second kappa shape index (κ2) is 5.34. The van der Waals surface area contributed by atoms with Crippen LogP contribution in [0.1, 0.15) is 19.1 Å². The van der Waals surface area contributed by atoms with Gasteiger partial charge in [-0.3, -0.25) is 0 Å². The van der Waals surface area contributed by atoms with Crippen molar-refractivity contribution in [2.75, 3.05) is 11.1 Å². The van der Waals surface area contributed by atoms with E-state index in [2.05, 4.69) is 22.2 Å². The van der Waals surface area contributed by atoms with Crippen LogP contribution in [0.3, 0.4) is 0 Å². The van der Waals surface area contributed by atoms with E-state index in [1.165, 1.54) is 0 Å². The summed E-state index contributed by atoms with van der Waals surface area (Å²) in [4.78, 5) is 8.19. The molecule has 5 heteroatoms. The van der Waals surface area contributed by atoms with Crippen LogP contribution in [0.15, 0.2) is 35.2 Å². The molecule has 17 heavy (non-hydrogen) atoms. The molecule has 2 heterocycles. The molecule has 90 valence electrons. The maximum atomic E-state index is 5.52. The number of hydrogen-bond acceptors (Lipinski definition) is 5. The minimum Gasteiger partial charge on any atom is -0.469 e. The third-order valence-corrected chi connectivity index (χ3v) is 2.45. The van der Waals surface area contributed by atoms with Crippen molar-refractivity contribution in [1.82, 2.24) is 9.97 Å². The second-order valence-electron chi connectivity index (χ2n) is 4.00. The zero-order chi connectivity index (χ0) is 12.1. The summed E-state index contributed by atoms with van der Waals surface area (Å²) >= 11 is 0. The molecule has 0 aliphatic rings. The van der Waals surface area contributed by atoms with Crippen LogP contribution in [0.4, 0.5) is 11.6 Å². The predicted octanol–water partition coefficient (Wildman–Crippen LogP) is 2.08. The molecule has 0 saturated heterocycles. The van der Waals surface area contributed by atoms with Gasteiger partial charge >= 0.3 is 0 Å². The monoisotopic (exact) mass is 232 g/mol. The molecule has 0 fully saturated rings. The summed E-state index contributed by atoms with van der Waals surface area (Å²) in [6.45, 7) is 2.09. The van der Waals surface area contributed by atoms with Gasteiger partial charge in [0.05, 0.1) is 24.3 Å². The summed E-state index contributed by atoms with van der Waals surface area (Å²) in [7, 11) is 0. The Hall–Kier alpha value is -2.04. The third kappa shape index (κ3) is 3.48. The summed E-state index contributed by atoms with van der Waals surface area (Å²) in [5.41, 5.74) is 6.08. The van der Waals surface area contributed by atoms with E-state index in [-0.39, 0.29) is 6.04 Å². The Kier molecular flexibility index (Phi) is 3.59. The Labute approximate surface area is 100 Å². The number of nitrogens with zero attached hydrogens (tertiary/aromatic N) is 2. The topological polar surface area (TPSA) is 77.0 Å². The zero-order valence-electron chi connectivity index (χ0n) is 9.76. The fraction of sp³-hybridized carbons (Fsp3) is 0.333. The lowest BCUT2D eigenvalue weighted by Gasteiger charge is -2.12. The maximum absolute atomic E-state index is 5.52. The van der Waals surface area contributed by atoms with Gasteiger partial charge in [-0.25, -0.2) is 9.97 Å². The van der Waals surface area contributed by atoms with Crippen molar-refractivity contribution < 1.29 is 4.42 Å². The van der Waals surface area contributed by atoms with E-state index in [4.69, 9.17) is 10.2 Å². The molecule has 1 unspecified atom stereocenters. The first-order valence-electron chi connectivity index (χ1n) is 5.60. The Morgan fingerprint density at radius 3 is 2.82 bits per heavy atom. The fourth-order valence-corrected chi connectivity index (χ4v) is 1.52. The minimum atomic E-state index is 0.281. The molecular weight excluding hydrogens is 216 g/mol. The molecule has 0 aliphatic carbocycles. The summed E-state index contributed by atoms with van der Waals surface area (Å²) in [5, 5.41) is 3.21. The van der Waals surface area contributed by atoms with Crippen molar-refractivity contribution in [1.29, 1.82) is 0 Å². The van der Waals surface area contributed by atoms with Crippen LogP contribution in [0, 0.1) is 0 Å². The molecule has 0 saturated carbocycles. The van der Waals surface area contributed by atoms with Gasteiger partial charge in [-0.05, 0) is 25.5 Å². The molecule has 2 aromatic heterocycles. The van der Waals surface area contributed by atoms with Gasteiger partial charge in [-0.15, -0.1) is 0 Å². The van der Waals surface area contributed by atoms with Gasteiger partial charge in [0.1, 0.15) is 5.76 Å². The average molecular weight is 232 g/mol. The highest BCUT2D eigenvalue weighted by Crippen LogP contribution is 2.09. The van der Waals surface area contributed by atoms with Gasteiger partial charge in [0.25, 0.3) is 0 Å². The zero-order valence-corrected chi connectivity index (χ0v) is 9.76. The number of aromatic nitrogens is 2. The van der Waals surface area contributed by atoms with E-state index in [0.29, 0.717) is 11.6 Å². The lowest BCUT2D eigenvalue weighted by atomic mass is 10.1. The van der Waals surface area contributed by atoms with Crippen molar-refractivity contribution in [2.45, 2.75) is 25.8 Å². The molecule has 2 rings (SSSR count). The lowest BCUT2D eigenvalue weighted by molar-refractivity contribution is 0.494. The van der Waals surface area contributed by atoms with Crippen molar-refractivity contribution in [3.63, 3.8) is 0 Å². The number of anilines is 2. The maximum Gasteiger partial charge on any atom is 0.222 e. The first-order valence-corrected chi connectivity index (χ1v) is 5.60. The van der Waals surface area contributed by atoms with E-state index in [1.807, 2.05) is 12.1 Å². The van der Waals surface area contributed by atoms with Crippen molar-refractivity contribution in [2.24, 2.45) is 0 Å². The van der Waals surface area contributed by atoms with Crippen molar-refractivity contribution >= 4 is 11.6 Å². The van der Waals surface area contributed by atoms with Crippen LogP contribution in [0.2, 0.25) is 0 Å². The number of hydrogen-bond donors (Lipinski definition) is 2. The number of nitrogens with two attached hydrogens (primary N) is 1. The van der Waals surface area contributed by atoms with E-state index < -0.39 is 0 Å². The molecule has 0 radical (unpaired) electrons. The molecule has 1 atom stereocenters. The smallest absolute Gasteiger partial charge is 0.222 e. The summed E-state index contributed by atoms with van der Waals surface area (Å²) in [5.74, 6) is 1.60. The standard InChI is InChI=1S/C12H16N4O/c1-9(4-5-11-3-2-6-17-11)16-12-14-7-10(13)8-15-12/h2-3,6-9H,4-5,13H2,1H3,(H,14,15,16). The third-order valence-electron chi connectivity index (χ3n) is 2.45. The van der Waals surface area contributed by atoms with Gasteiger partial charge in [-0.2, -0.15) is 0 Å². The number of nitrogen functional groups attached to an aromatic ring is 1. The quantitative estimate of drug-likeness (QED) is 0.825. The predicted molar refractivity (Wildman–Crippen MR) is 66.6 cm³/mol. The molecule has 0 spiro atoms. The van der Waals surface area contributed by atoms with Gasteiger partial charge in [0, 0.05) is 12.5 Å². The first kappa shape index (κ1) is 11.4. The number of aryl methyl sites for hydroxylation is 1. The fourth-order valence-electron chi connectivity index (χ4n) is 1.52. The van der Waals surface area contributed by atoms with Crippen LogP contribution in [-0.2, 0) is 6.42 Å². The molecule has 5 nitrogen and oxygen atoms in total. The SMILES string of the molecule is CC(CCc1ccco1)Nc1ncc(N)cn1. The second-order valence-corrected chi connectivity index (χ2v) is 4.00. The Morgan fingerprint density at radius 2 is 2.18 bits per heavy atom. The normalized spacial score (nSPS) is 12.3. The molecular formula is C12H16N4O. The molecule has 0 aliphatic heterocycles. The van der Waals surface area contributed by atoms with Gasteiger partial charge in [-0.1, -0.05) is 0 Å². The number of rotatable bonds is 5. The highest BCUT2D eigenvalue weighted by molar-refractivity contribution is 5.36. The minimum absolute atomic E-state index is 0.281. The number of nitrogens with one attached hydrogen (secondary N) is 1. The highest BCUT2D eigenvalue weighted by atomic mass is 16.3. The van der Waals surface area contributed by atoms with Crippen LogP contribution in [-0.4, -0.2) is 16.0 Å². The van der Waals surface area contributed by atoms with E-state index >= 15 is 0 Å². The molecule has 0 bridgehead atoms. The Balaban J connectivity index is 1.80. The van der Waals surface area contributed by atoms with Gasteiger partial charge in [0.15, 0.2) is 0 Å². The van der Waals surface area contributed by atoms with Crippen molar-refractivity contribution in [3.8, 4) is 0 Å². The lowest BCUT2D eigenvalue weighted by Crippen LogP contribution is -2.17. The molecule has 0 amide bonds. The summed E-state index contributed by atoms with van der Waals surface area (Å²) in [6, 6.07) is 4.16. The van der Waals surface area contributed by atoms with E-state index in [1.54, 1.807) is 18.7 Å². The molecule has 2 aromatic rings. The average Bonchev–Trinajstić information content (AvgIpc) is 2.83. The summed E-state index contributed by atoms with van der Waals surface area (Å²) in [6.07, 6.45) is 6.73. The van der Waals surface area contributed by atoms with Crippen molar-refractivity contribution in [3.05, 3.63) is 36.5 Å². The van der Waals surface area contributed by atoms with Crippen LogP contribution in [0.5, 0.6) is 0 Å². The van der Waals surface area contributed by atoms with Gasteiger partial charge in [0.2, 0.25) is 5.95 Å². The Bertz CT molecular complexity index is 438. The summed E-state index contributed by atoms with van der Waals surface area (Å²) < 4.78 is 5.27. The van der Waals surface area contributed by atoms with Crippen LogP contribution in [0.25, 0.3) is 0 Å². The van der Waals surface area contributed by atoms with E-state index in [9.17, 15) is 0 Å². The van der Waals surface area contributed by atoms with E-state index in [0.717, 1.165) is 18.6 Å². The van der Waals surface area contributed by atoms with Crippen LogP contribution >= 0.6 is 0 Å². The largest absolute Gasteiger partial charge is 0.469 e. The first-order chi connectivity index (χ1) is 8.24. The highest BCUT2D eigenvalue weighted by Gasteiger charge is 2.05. The van der Waals surface area contributed by atoms with Crippen LogP contribution < -0.4 is 11.1 Å². The Morgan fingerprint density at radius 1 is 1.41 bits per heavy atom. The molecule has 3 N–H and O–H groups in total.